The maximum atomic E-state index is 13.4. The van der Waals surface area contributed by atoms with Crippen LogP contribution in [-0.2, 0) is 11.2 Å². The third-order valence-electron chi connectivity index (χ3n) is 6.43. The summed E-state index contributed by atoms with van der Waals surface area (Å²) in [5.41, 5.74) is 2.46. The number of H-pyrrole nitrogens is 1. The molecule has 0 fully saturated rings. The molecule has 0 radical (unpaired) electrons. The molecule has 0 bridgehead atoms. The van der Waals surface area contributed by atoms with E-state index in [1.165, 1.54) is 0 Å². The first-order valence-corrected chi connectivity index (χ1v) is 12.1. The number of Topliss-reactive ketones (excluding diaryl/α,β-unsaturated/α-hetero) is 1. The van der Waals surface area contributed by atoms with Gasteiger partial charge in [-0.3, -0.25) is 9.59 Å². The minimum Gasteiger partial charge on any atom is -0.426 e. The van der Waals surface area contributed by atoms with Crippen LogP contribution in [0.3, 0.4) is 0 Å². The number of aromatic nitrogens is 1. The first-order chi connectivity index (χ1) is 16.8. The van der Waals surface area contributed by atoms with Crippen molar-refractivity contribution in [1.29, 1.82) is 0 Å². The van der Waals surface area contributed by atoms with E-state index in [-0.39, 0.29) is 24.0 Å². The summed E-state index contributed by atoms with van der Waals surface area (Å²) in [6.07, 6.45) is 2.66. The van der Waals surface area contributed by atoms with Gasteiger partial charge < -0.3 is 20.3 Å². The Bertz CT molecular complexity index is 1330. The summed E-state index contributed by atoms with van der Waals surface area (Å²) in [6, 6.07) is 21.2. The van der Waals surface area contributed by atoms with Crippen LogP contribution in [-0.4, -0.2) is 39.8 Å². The van der Waals surface area contributed by atoms with Gasteiger partial charge in [-0.1, -0.05) is 68.4 Å². The Morgan fingerprint density at radius 2 is 1.69 bits per heavy atom. The standard InChI is InChI=1S/C28H31BN2O4/c1-18(2)13-27(29(34)35)31-28(33)22(15-23-17-30-25-10-6-5-9-24(23)25)16-26(32)21-12-11-19-7-3-4-8-20(19)14-21/h3-12,14,17-18,22,27,30,34-35H,13,15-16H2,1-2H3,(H,31,33)/t22-,27+/m1/s1. The van der Waals surface area contributed by atoms with Crippen molar-refractivity contribution in [2.45, 2.75) is 39.1 Å². The number of hydrogen-bond donors (Lipinski definition) is 4. The largest absolute Gasteiger partial charge is 0.475 e. The number of benzene rings is 3. The number of aromatic amines is 1. The number of carbonyl (C=O) groups excluding carboxylic acids is 2. The highest BCUT2D eigenvalue weighted by atomic mass is 16.4. The minimum atomic E-state index is -1.67. The van der Waals surface area contributed by atoms with Crippen LogP contribution < -0.4 is 5.32 Å². The molecule has 3 aromatic carbocycles. The van der Waals surface area contributed by atoms with E-state index >= 15 is 0 Å². The SMILES string of the molecule is CC(C)C[C@H](NC(=O)[C@@H](CC(=O)c1ccc2ccccc2c1)Cc1c[nH]c2ccccc12)B(O)O. The Morgan fingerprint density at radius 3 is 2.43 bits per heavy atom. The molecule has 1 amide bonds. The molecule has 35 heavy (non-hydrogen) atoms. The van der Waals surface area contributed by atoms with E-state index in [2.05, 4.69) is 10.3 Å². The van der Waals surface area contributed by atoms with Gasteiger partial charge in [0.05, 0.1) is 5.94 Å². The molecule has 4 rings (SSSR count). The predicted molar refractivity (Wildman–Crippen MR) is 140 cm³/mol. The number of carbonyl (C=O) groups is 2. The van der Waals surface area contributed by atoms with Crippen LogP contribution in [0.1, 0.15) is 42.6 Å². The zero-order valence-electron chi connectivity index (χ0n) is 20.1. The third kappa shape index (κ3) is 5.99. The molecule has 2 atom stereocenters. The molecule has 0 aliphatic rings. The highest BCUT2D eigenvalue weighted by molar-refractivity contribution is 6.43. The van der Waals surface area contributed by atoms with Crippen molar-refractivity contribution in [2.75, 3.05) is 0 Å². The Morgan fingerprint density at radius 1 is 0.971 bits per heavy atom. The maximum absolute atomic E-state index is 13.4. The zero-order chi connectivity index (χ0) is 24.9. The lowest BCUT2D eigenvalue weighted by molar-refractivity contribution is -0.125. The molecular weight excluding hydrogens is 439 g/mol. The van der Waals surface area contributed by atoms with E-state index in [0.29, 0.717) is 18.4 Å². The van der Waals surface area contributed by atoms with Gasteiger partial charge in [0.25, 0.3) is 0 Å². The second-order valence-corrected chi connectivity index (χ2v) is 9.61. The second-order valence-electron chi connectivity index (χ2n) is 9.61. The fourth-order valence-corrected chi connectivity index (χ4v) is 4.59. The summed E-state index contributed by atoms with van der Waals surface area (Å²) in [4.78, 5) is 29.9. The molecule has 0 saturated heterocycles. The summed E-state index contributed by atoms with van der Waals surface area (Å²) in [6.45, 7) is 3.91. The van der Waals surface area contributed by atoms with Gasteiger partial charge in [-0.05, 0) is 47.2 Å². The molecule has 0 unspecified atom stereocenters. The van der Waals surface area contributed by atoms with E-state index < -0.39 is 19.0 Å². The van der Waals surface area contributed by atoms with Crippen LogP contribution in [0, 0.1) is 11.8 Å². The van der Waals surface area contributed by atoms with Gasteiger partial charge in [0.15, 0.2) is 5.78 Å². The summed E-state index contributed by atoms with van der Waals surface area (Å²) < 4.78 is 0. The lowest BCUT2D eigenvalue weighted by atomic mass is 9.74. The first kappa shape index (κ1) is 24.7. The number of amides is 1. The Hall–Kier alpha value is -3.42. The topological polar surface area (TPSA) is 102 Å². The number of nitrogens with one attached hydrogen (secondary N) is 2. The van der Waals surface area contributed by atoms with E-state index in [4.69, 9.17) is 0 Å². The van der Waals surface area contributed by atoms with Crippen molar-refractivity contribution in [1.82, 2.24) is 10.3 Å². The Balaban J connectivity index is 1.60. The zero-order valence-corrected chi connectivity index (χ0v) is 20.1. The normalized spacial score (nSPS) is 13.2. The van der Waals surface area contributed by atoms with Gasteiger partial charge in [-0.15, -0.1) is 0 Å². The average Bonchev–Trinajstić information content (AvgIpc) is 3.25. The van der Waals surface area contributed by atoms with Gasteiger partial charge in [0.2, 0.25) is 5.91 Å². The summed E-state index contributed by atoms with van der Waals surface area (Å²) in [5, 5.41) is 25.5. The number of rotatable bonds is 10. The molecule has 1 heterocycles. The van der Waals surface area contributed by atoms with Gasteiger partial charge >= 0.3 is 7.12 Å². The molecule has 0 aliphatic carbocycles. The predicted octanol–water partition coefficient (Wildman–Crippen LogP) is 4.30. The summed E-state index contributed by atoms with van der Waals surface area (Å²) >= 11 is 0. The monoisotopic (exact) mass is 470 g/mol. The van der Waals surface area contributed by atoms with Crippen LogP contribution in [0.2, 0.25) is 0 Å². The van der Waals surface area contributed by atoms with Crippen molar-refractivity contribution < 1.29 is 19.6 Å². The number of fused-ring (bicyclic) bond motifs is 2. The van der Waals surface area contributed by atoms with Crippen molar-refractivity contribution >= 4 is 40.5 Å². The van der Waals surface area contributed by atoms with Crippen LogP contribution in [0.4, 0.5) is 0 Å². The van der Waals surface area contributed by atoms with Crippen LogP contribution in [0.25, 0.3) is 21.7 Å². The summed E-state index contributed by atoms with van der Waals surface area (Å²) in [5.74, 6) is -1.79. The van der Waals surface area contributed by atoms with Gasteiger partial charge in [0, 0.05) is 35.0 Å². The molecule has 0 saturated carbocycles. The van der Waals surface area contributed by atoms with E-state index in [0.717, 1.165) is 27.2 Å². The van der Waals surface area contributed by atoms with Crippen molar-refractivity contribution in [3.05, 3.63) is 84.1 Å². The fraction of sp³-hybridized carbons (Fsp3) is 0.286. The van der Waals surface area contributed by atoms with Gasteiger partial charge in [0.1, 0.15) is 0 Å². The van der Waals surface area contributed by atoms with E-state index in [1.54, 1.807) is 6.07 Å². The lowest BCUT2D eigenvalue weighted by Crippen LogP contribution is -2.49. The van der Waals surface area contributed by atoms with Crippen LogP contribution in [0.5, 0.6) is 0 Å². The molecule has 1 aromatic heterocycles. The molecule has 7 heteroatoms. The lowest BCUT2D eigenvalue weighted by Gasteiger charge is -2.23. The minimum absolute atomic E-state index is 0.0135. The van der Waals surface area contributed by atoms with Gasteiger partial charge in [-0.2, -0.15) is 0 Å². The quantitative estimate of drug-likeness (QED) is 0.205. The number of ketones is 1. The smallest absolute Gasteiger partial charge is 0.426 e. The Kier molecular flexibility index (Phi) is 7.68. The van der Waals surface area contributed by atoms with Crippen LogP contribution in [0.15, 0.2) is 72.9 Å². The highest BCUT2D eigenvalue weighted by Gasteiger charge is 2.31. The molecule has 180 valence electrons. The molecule has 4 aromatic rings. The fourth-order valence-electron chi connectivity index (χ4n) is 4.59. The molecular formula is C28H31BN2O4. The van der Waals surface area contributed by atoms with E-state index in [1.807, 2.05) is 80.7 Å². The number of hydrogen-bond acceptors (Lipinski definition) is 4. The second kappa shape index (κ2) is 10.9. The van der Waals surface area contributed by atoms with Crippen molar-refractivity contribution in [2.24, 2.45) is 11.8 Å². The molecule has 4 N–H and O–H groups in total. The molecule has 0 spiro atoms. The third-order valence-corrected chi connectivity index (χ3v) is 6.43. The molecule has 6 nitrogen and oxygen atoms in total. The van der Waals surface area contributed by atoms with Crippen molar-refractivity contribution in [3.8, 4) is 0 Å². The maximum Gasteiger partial charge on any atom is 0.475 e. The molecule has 0 aliphatic heterocycles. The van der Waals surface area contributed by atoms with Crippen LogP contribution >= 0.6 is 0 Å². The first-order valence-electron chi connectivity index (χ1n) is 12.1. The van der Waals surface area contributed by atoms with E-state index in [9.17, 15) is 19.6 Å². The average molecular weight is 470 g/mol. The summed E-state index contributed by atoms with van der Waals surface area (Å²) in [7, 11) is -1.67. The Labute approximate surface area is 205 Å². The number of para-hydroxylation sites is 1. The highest BCUT2D eigenvalue weighted by Crippen LogP contribution is 2.25. The van der Waals surface area contributed by atoms with Crippen molar-refractivity contribution in [3.63, 3.8) is 0 Å². The van der Waals surface area contributed by atoms with Gasteiger partial charge in [-0.25, -0.2) is 0 Å².